The first kappa shape index (κ1) is 20.4. The second-order valence-electron chi connectivity index (χ2n) is 7.07. The lowest BCUT2D eigenvalue weighted by Gasteiger charge is -2.08. The molecule has 7 heteroatoms. The molecular formula is C24H24N4O3. The lowest BCUT2D eigenvalue weighted by Crippen LogP contribution is -2.12. The number of carbonyl (C=O) groups is 1. The number of amides is 1. The molecule has 31 heavy (non-hydrogen) atoms. The number of nitrogens with zero attached hydrogens (tertiary/aromatic N) is 3. The summed E-state index contributed by atoms with van der Waals surface area (Å²) in [6.45, 7) is 2.75. The number of anilines is 1. The zero-order valence-electron chi connectivity index (χ0n) is 17.5. The lowest BCUT2D eigenvalue weighted by atomic mass is 10.2. The number of nitrogens with one attached hydrogen (secondary N) is 1. The Balaban J connectivity index is 1.49. The van der Waals surface area contributed by atoms with E-state index < -0.39 is 0 Å². The zero-order valence-corrected chi connectivity index (χ0v) is 17.5. The summed E-state index contributed by atoms with van der Waals surface area (Å²) in [4.78, 5) is 14.3. The summed E-state index contributed by atoms with van der Waals surface area (Å²) < 4.78 is 10.9. The van der Waals surface area contributed by atoms with Crippen LogP contribution in [-0.4, -0.2) is 34.6 Å². The standard InChI is InChI=1S/C24H24N4O3/c1-3-4-14-31-21-7-5-6-17(15-21)24(29)25-18-8-13-22-23(16-18)27-28(26-22)19-9-11-20(30-2)12-10-19/h5-13,15-16H,3-4,14H2,1-2H3,(H,25,29). The number of unbranched alkanes of at least 4 members (excludes halogenated alkanes) is 1. The molecule has 158 valence electrons. The number of benzene rings is 3. The summed E-state index contributed by atoms with van der Waals surface area (Å²) in [6.07, 6.45) is 2.04. The second-order valence-corrected chi connectivity index (χ2v) is 7.07. The summed E-state index contributed by atoms with van der Waals surface area (Å²) in [7, 11) is 1.63. The molecule has 0 aliphatic heterocycles. The minimum absolute atomic E-state index is 0.206. The van der Waals surface area contributed by atoms with Gasteiger partial charge in [0.05, 0.1) is 19.4 Å². The number of hydrogen-bond donors (Lipinski definition) is 1. The van der Waals surface area contributed by atoms with Crippen LogP contribution in [0.3, 0.4) is 0 Å². The molecule has 1 N–H and O–H groups in total. The SMILES string of the molecule is CCCCOc1cccc(C(=O)Nc2ccc3nn(-c4ccc(OC)cc4)nc3c2)c1. The molecule has 4 aromatic rings. The Morgan fingerprint density at radius 1 is 0.968 bits per heavy atom. The molecule has 4 rings (SSSR count). The molecular weight excluding hydrogens is 392 g/mol. The molecule has 0 bridgehead atoms. The molecule has 0 aliphatic carbocycles. The van der Waals surface area contributed by atoms with Gasteiger partial charge in [-0.15, -0.1) is 10.2 Å². The van der Waals surface area contributed by atoms with Crippen molar-refractivity contribution < 1.29 is 14.3 Å². The molecule has 1 aromatic heterocycles. The maximum atomic E-state index is 12.7. The van der Waals surface area contributed by atoms with Gasteiger partial charge in [-0.1, -0.05) is 19.4 Å². The summed E-state index contributed by atoms with van der Waals surface area (Å²) in [6, 6.07) is 20.1. The fraction of sp³-hybridized carbons (Fsp3) is 0.208. The molecule has 3 aromatic carbocycles. The fourth-order valence-corrected chi connectivity index (χ4v) is 3.09. The second kappa shape index (κ2) is 9.30. The van der Waals surface area contributed by atoms with E-state index in [4.69, 9.17) is 9.47 Å². The molecule has 0 atom stereocenters. The molecule has 0 spiro atoms. The van der Waals surface area contributed by atoms with E-state index in [1.807, 2.05) is 54.6 Å². The molecule has 7 nitrogen and oxygen atoms in total. The van der Waals surface area contributed by atoms with Crippen molar-refractivity contribution in [3.8, 4) is 17.2 Å². The van der Waals surface area contributed by atoms with Gasteiger partial charge < -0.3 is 14.8 Å². The zero-order chi connectivity index (χ0) is 21.6. The van der Waals surface area contributed by atoms with Crippen LogP contribution in [-0.2, 0) is 0 Å². The highest BCUT2D eigenvalue weighted by atomic mass is 16.5. The van der Waals surface area contributed by atoms with Crippen LogP contribution in [0.2, 0.25) is 0 Å². The minimum Gasteiger partial charge on any atom is -0.497 e. The molecule has 1 amide bonds. The Bertz CT molecular complexity index is 1190. The van der Waals surface area contributed by atoms with Gasteiger partial charge in [0.2, 0.25) is 0 Å². The first-order chi connectivity index (χ1) is 15.2. The average Bonchev–Trinajstić information content (AvgIpc) is 3.23. The quantitative estimate of drug-likeness (QED) is 0.415. The van der Waals surface area contributed by atoms with Gasteiger partial charge in [-0.25, -0.2) is 0 Å². The van der Waals surface area contributed by atoms with Gasteiger partial charge in [0.15, 0.2) is 0 Å². The van der Waals surface area contributed by atoms with E-state index in [9.17, 15) is 4.79 Å². The number of carbonyl (C=O) groups excluding carboxylic acids is 1. The third kappa shape index (κ3) is 4.83. The van der Waals surface area contributed by atoms with Crippen LogP contribution < -0.4 is 14.8 Å². The van der Waals surface area contributed by atoms with E-state index in [2.05, 4.69) is 22.4 Å². The number of rotatable bonds is 8. The monoisotopic (exact) mass is 416 g/mol. The Hall–Kier alpha value is -3.87. The third-order valence-electron chi connectivity index (χ3n) is 4.80. The third-order valence-corrected chi connectivity index (χ3v) is 4.80. The summed E-state index contributed by atoms with van der Waals surface area (Å²) in [5, 5.41) is 11.9. The van der Waals surface area contributed by atoms with Gasteiger partial charge in [0.1, 0.15) is 22.5 Å². The average molecular weight is 416 g/mol. The summed E-state index contributed by atoms with van der Waals surface area (Å²) in [5.74, 6) is 1.26. The predicted octanol–water partition coefficient (Wildman–Crippen LogP) is 4.86. The van der Waals surface area contributed by atoms with E-state index in [-0.39, 0.29) is 5.91 Å². The smallest absolute Gasteiger partial charge is 0.255 e. The molecule has 0 aliphatic rings. The number of fused-ring (bicyclic) bond motifs is 1. The van der Waals surface area contributed by atoms with Crippen LogP contribution in [0.4, 0.5) is 5.69 Å². The molecule has 0 fully saturated rings. The number of aromatic nitrogens is 3. The van der Waals surface area contributed by atoms with Crippen LogP contribution in [0, 0.1) is 0 Å². The van der Waals surface area contributed by atoms with Gasteiger partial charge in [-0.3, -0.25) is 4.79 Å². The van der Waals surface area contributed by atoms with Gasteiger partial charge in [-0.2, -0.15) is 4.80 Å². The van der Waals surface area contributed by atoms with Gasteiger partial charge in [0.25, 0.3) is 5.91 Å². The maximum absolute atomic E-state index is 12.7. The van der Waals surface area contributed by atoms with Crippen molar-refractivity contribution in [1.29, 1.82) is 0 Å². The van der Waals surface area contributed by atoms with Crippen molar-refractivity contribution in [2.75, 3.05) is 19.0 Å². The van der Waals surface area contributed by atoms with Crippen molar-refractivity contribution in [2.45, 2.75) is 19.8 Å². The highest BCUT2D eigenvalue weighted by molar-refractivity contribution is 6.05. The molecule has 0 saturated carbocycles. The Labute approximate surface area is 180 Å². The largest absolute Gasteiger partial charge is 0.497 e. The summed E-state index contributed by atoms with van der Waals surface area (Å²) in [5.41, 5.74) is 3.43. The molecule has 1 heterocycles. The van der Waals surface area contributed by atoms with Crippen molar-refractivity contribution >= 4 is 22.6 Å². The van der Waals surface area contributed by atoms with Gasteiger partial charge >= 0.3 is 0 Å². The maximum Gasteiger partial charge on any atom is 0.255 e. The Morgan fingerprint density at radius 3 is 2.55 bits per heavy atom. The predicted molar refractivity (Wildman–Crippen MR) is 120 cm³/mol. The van der Waals surface area contributed by atoms with Crippen molar-refractivity contribution in [3.05, 3.63) is 72.3 Å². The normalized spacial score (nSPS) is 10.8. The topological polar surface area (TPSA) is 78.3 Å². The Kier molecular flexibility index (Phi) is 6.12. The summed E-state index contributed by atoms with van der Waals surface area (Å²) >= 11 is 0. The molecule has 0 unspecified atom stereocenters. The van der Waals surface area contributed by atoms with Crippen LogP contribution in [0.25, 0.3) is 16.7 Å². The first-order valence-corrected chi connectivity index (χ1v) is 10.2. The number of ether oxygens (including phenoxy) is 2. The van der Waals surface area contributed by atoms with Crippen molar-refractivity contribution in [1.82, 2.24) is 15.0 Å². The first-order valence-electron chi connectivity index (χ1n) is 10.2. The lowest BCUT2D eigenvalue weighted by molar-refractivity contribution is 0.102. The van der Waals surface area contributed by atoms with Crippen LogP contribution in [0.15, 0.2) is 66.7 Å². The highest BCUT2D eigenvalue weighted by Gasteiger charge is 2.10. The fourth-order valence-electron chi connectivity index (χ4n) is 3.09. The van der Waals surface area contributed by atoms with Crippen LogP contribution >= 0.6 is 0 Å². The van der Waals surface area contributed by atoms with E-state index in [1.54, 1.807) is 24.0 Å². The minimum atomic E-state index is -0.206. The van der Waals surface area contributed by atoms with E-state index >= 15 is 0 Å². The van der Waals surface area contributed by atoms with E-state index in [0.29, 0.717) is 29.1 Å². The van der Waals surface area contributed by atoms with Crippen LogP contribution in [0.5, 0.6) is 11.5 Å². The van der Waals surface area contributed by atoms with E-state index in [0.717, 1.165) is 29.8 Å². The highest BCUT2D eigenvalue weighted by Crippen LogP contribution is 2.20. The molecule has 0 radical (unpaired) electrons. The number of hydrogen-bond acceptors (Lipinski definition) is 5. The van der Waals surface area contributed by atoms with Gasteiger partial charge in [-0.05, 0) is 67.1 Å². The van der Waals surface area contributed by atoms with Crippen molar-refractivity contribution in [2.24, 2.45) is 0 Å². The Morgan fingerprint density at radius 2 is 1.77 bits per heavy atom. The van der Waals surface area contributed by atoms with Gasteiger partial charge in [0, 0.05) is 11.3 Å². The molecule has 0 saturated heterocycles. The van der Waals surface area contributed by atoms with Crippen molar-refractivity contribution in [3.63, 3.8) is 0 Å². The van der Waals surface area contributed by atoms with E-state index in [1.165, 1.54) is 0 Å². The number of methoxy groups -OCH3 is 1. The van der Waals surface area contributed by atoms with Crippen LogP contribution in [0.1, 0.15) is 30.1 Å².